The van der Waals surface area contributed by atoms with Crippen molar-refractivity contribution in [3.63, 3.8) is 0 Å². The van der Waals surface area contributed by atoms with Crippen molar-refractivity contribution in [3.8, 4) is 5.75 Å². The third-order valence-corrected chi connectivity index (χ3v) is 6.11. The number of methoxy groups -OCH3 is 1. The molecule has 0 aliphatic carbocycles. The van der Waals surface area contributed by atoms with Gasteiger partial charge >= 0.3 is 0 Å². The average Bonchev–Trinajstić information content (AvgIpc) is 2.88. The second kappa shape index (κ2) is 10.1. The van der Waals surface area contributed by atoms with Crippen LogP contribution >= 0.6 is 12.4 Å². The van der Waals surface area contributed by atoms with Crippen molar-refractivity contribution >= 4 is 40.5 Å². The molecule has 0 atom stereocenters. The Morgan fingerprint density at radius 3 is 2.26 bits per heavy atom. The minimum Gasteiger partial charge on any atom is -0.497 e. The fourth-order valence-electron chi connectivity index (χ4n) is 4.38. The maximum absolute atomic E-state index is 13.5. The lowest BCUT2D eigenvalue weighted by atomic mass is 9.99. The Balaban J connectivity index is 0.00000274. The molecule has 1 aliphatic heterocycles. The summed E-state index contributed by atoms with van der Waals surface area (Å²) in [5, 5.41) is 0.895. The van der Waals surface area contributed by atoms with Gasteiger partial charge < -0.3 is 14.5 Å². The summed E-state index contributed by atoms with van der Waals surface area (Å²) in [5.41, 5.74) is 3.91. The number of ketones is 1. The lowest BCUT2D eigenvalue weighted by Gasteiger charge is -2.38. The fraction of sp³-hybridized carbons (Fsp3) is 0.185. The first-order valence-electron chi connectivity index (χ1n) is 11.0. The van der Waals surface area contributed by atoms with Gasteiger partial charge in [-0.1, -0.05) is 30.3 Å². The van der Waals surface area contributed by atoms with Crippen LogP contribution in [0.4, 0.5) is 15.8 Å². The van der Waals surface area contributed by atoms with Crippen molar-refractivity contribution in [1.29, 1.82) is 0 Å². The molecule has 3 aromatic carbocycles. The summed E-state index contributed by atoms with van der Waals surface area (Å²) in [6, 6.07) is 21.6. The molecule has 1 saturated heterocycles. The molecule has 1 aliphatic rings. The summed E-state index contributed by atoms with van der Waals surface area (Å²) in [4.78, 5) is 22.5. The molecule has 2 heterocycles. The number of anilines is 2. The van der Waals surface area contributed by atoms with E-state index in [0.717, 1.165) is 54.2 Å². The van der Waals surface area contributed by atoms with E-state index in [4.69, 9.17) is 4.74 Å². The molecule has 0 amide bonds. The largest absolute Gasteiger partial charge is 0.497 e. The van der Waals surface area contributed by atoms with E-state index in [9.17, 15) is 9.18 Å². The zero-order chi connectivity index (χ0) is 22.8. The highest BCUT2D eigenvalue weighted by Crippen LogP contribution is 2.34. The van der Waals surface area contributed by atoms with Crippen molar-refractivity contribution in [2.24, 2.45) is 0 Å². The van der Waals surface area contributed by atoms with Crippen molar-refractivity contribution < 1.29 is 13.9 Å². The molecule has 0 unspecified atom stereocenters. The van der Waals surface area contributed by atoms with Crippen LogP contribution in [-0.4, -0.2) is 44.1 Å². The molecule has 7 heteroatoms. The maximum atomic E-state index is 13.5. The quantitative estimate of drug-likeness (QED) is 0.362. The number of ether oxygens (including phenoxy) is 1. The van der Waals surface area contributed by atoms with Gasteiger partial charge in [-0.25, -0.2) is 4.39 Å². The number of piperazine rings is 1. The van der Waals surface area contributed by atoms with Gasteiger partial charge in [-0.05, 0) is 42.5 Å². The van der Waals surface area contributed by atoms with Crippen LogP contribution in [0.2, 0.25) is 0 Å². The highest BCUT2D eigenvalue weighted by molar-refractivity contribution is 6.16. The van der Waals surface area contributed by atoms with Crippen LogP contribution in [0.25, 0.3) is 10.9 Å². The average molecular weight is 478 g/mol. The van der Waals surface area contributed by atoms with E-state index in [1.807, 2.05) is 60.7 Å². The Labute approximate surface area is 204 Å². The number of hydrogen-bond donors (Lipinski definition) is 0. The molecule has 0 spiro atoms. The predicted octanol–water partition coefficient (Wildman–Crippen LogP) is 5.36. The van der Waals surface area contributed by atoms with Gasteiger partial charge in [0.2, 0.25) is 0 Å². The normalized spacial score (nSPS) is 13.5. The summed E-state index contributed by atoms with van der Waals surface area (Å²) in [7, 11) is 1.63. The summed E-state index contributed by atoms with van der Waals surface area (Å²) >= 11 is 0. The minimum absolute atomic E-state index is 0. The number of aromatic nitrogens is 1. The number of fused-ring (bicyclic) bond motifs is 1. The number of nitrogens with zero attached hydrogens (tertiary/aromatic N) is 3. The van der Waals surface area contributed by atoms with E-state index in [1.54, 1.807) is 13.3 Å². The van der Waals surface area contributed by atoms with E-state index >= 15 is 0 Å². The Hall–Kier alpha value is -3.64. The SMILES string of the molecule is COc1ccc2ncc(C(=O)c3ccccc3)c(N3CCN(c4ccc(F)cc4)CC3)c2c1.Cl. The van der Waals surface area contributed by atoms with E-state index < -0.39 is 0 Å². The minimum atomic E-state index is -0.237. The van der Waals surface area contributed by atoms with E-state index in [0.29, 0.717) is 11.1 Å². The van der Waals surface area contributed by atoms with Gasteiger partial charge in [0, 0.05) is 49.0 Å². The fourth-order valence-corrected chi connectivity index (χ4v) is 4.38. The van der Waals surface area contributed by atoms with Crippen LogP contribution < -0.4 is 14.5 Å². The molecule has 5 rings (SSSR count). The molecule has 1 aromatic heterocycles. The first-order chi connectivity index (χ1) is 16.1. The van der Waals surface area contributed by atoms with Crippen molar-refractivity contribution in [3.05, 3.63) is 95.9 Å². The second-order valence-corrected chi connectivity index (χ2v) is 8.05. The van der Waals surface area contributed by atoms with Gasteiger partial charge in [0.05, 0.1) is 23.9 Å². The predicted molar refractivity (Wildman–Crippen MR) is 136 cm³/mol. The van der Waals surface area contributed by atoms with Gasteiger partial charge in [0.25, 0.3) is 0 Å². The van der Waals surface area contributed by atoms with Crippen molar-refractivity contribution in [2.45, 2.75) is 0 Å². The van der Waals surface area contributed by atoms with Crippen molar-refractivity contribution in [1.82, 2.24) is 4.98 Å². The zero-order valence-electron chi connectivity index (χ0n) is 18.8. The van der Waals surface area contributed by atoms with Crippen LogP contribution in [0.1, 0.15) is 15.9 Å². The summed E-state index contributed by atoms with van der Waals surface area (Å²) in [6.45, 7) is 2.97. The molecule has 4 aromatic rings. The van der Waals surface area contributed by atoms with E-state index in [2.05, 4.69) is 14.8 Å². The summed E-state index contributed by atoms with van der Waals surface area (Å²) < 4.78 is 18.8. The topological polar surface area (TPSA) is 45.7 Å². The van der Waals surface area contributed by atoms with Crippen LogP contribution in [-0.2, 0) is 0 Å². The third kappa shape index (κ3) is 4.54. The molecule has 0 saturated carbocycles. The number of rotatable bonds is 5. The number of pyridine rings is 1. The molecule has 0 radical (unpaired) electrons. The highest BCUT2D eigenvalue weighted by Gasteiger charge is 2.25. The smallest absolute Gasteiger partial charge is 0.196 e. The van der Waals surface area contributed by atoms with Gasteiger partial charge in [0.15, 0.2) is 5.78 Å². The van der Waals surface area contributed by atoms with Gasteiger partial charge in [-0.3, -0.25) is 9.78 Å². The van der Waals surface area contributed by atoms with Gasteiger partial charge in [-0.2, -0.15) is 0 Å². The number of hydrogen-bond acceptors (Lipinski definition) is 5. The molecule has 34 heavy (non-hydrogen) atoms. The summed E-state index contributed by atoms with van der Waals surface area (Å²) in [6.07, 6.45) is 1.69. The molecule has 0 bridgehead atoms. The molecule has 5 nitrogen and oxygen atoms in total. The molecular formula is C27H25ClFN3O2. The van der Waals surface area contributed by atoms with Gasteiger partial charge in [-0.15, -0.1) is 12.4 Å². The molecule has 1 fully saturated rings. The van der Waals surface area contributed by atoms with Crippen LogP contribution in [0, 0.1) is 5.82 Å². The monoisotopic (exact) mass is 477 g/mol. The number of benzene rings is 3. The second-order valence-electron chi connectivity index (χ2n) is 8.05. The Morgan fingerprint density at radius 1 is 0.912 bits per heavy atom. The maximum Gasteiger partial charge on any atom is 0.196 e. The summed E-state index contributed by atoms with van der Waals surface area (Å²) in [5.74, 6) is 0.433. The first kappa shape index (κ1) is 23.5. The lowest BCUT2D eigenvalue weighted by Crippen LogP contribution is -2.47. The van der Waals surface area contributed by atoms with Crippen molar-refractivity contribution in [2.75, 3.05) is 43.1 Å². The Morgan fingerprint density at radius 2 is 1.59 bits per heavy atom. The Kier molecular flexibility index (Phi) is 6.98. The Bertz CT molecular complexity index is 1290. The molecule has 0 N–H and O–H groups in total. The van der Waals surface area contributed by atoms with Crippen LogP contribution in [0.3, 0.4) is 0 Å². The van der Waals surface area contributed by atoms with E-state index in [-0.39, 0.29) is 24.0 Å². The van der Waals surface area contributed by atoms with Crippen LogP contribution in [0.15, 0.2) is 79.0 Å². The lowest BCUT2D eigenvalue weighted by molar-refractivity contribution is 0.103. The van der Waals surface area contributed by atoms with E-state index in [1.165, 1.54) is 12.1 Å². The van der Waals surface area contributed by atoms with Crippen LogP contribution in [0.5, 0.6) is 5.75 Å². The first-order valence-corrected chi connectivity index (χ1v) is 11.0. The highest BCUT2D eigenvalue weighted by atomic mass is 35.5. The molecule has 174 valence electrons. The number of carbonyl (C=O) groups is 1. The number of carbonyl (C=O) groups excluding carboxylic acids is 1. The third-order valence-electron chi connectivity index (χ3n) is 6.11. The number of halogens is 2. The zero-order valence-corrected chi connectivity index (χ0v) is 19.6. The van der Waals surface area contributed by atoms with Gasteiger partial charge in [0.1, 0.15) is 11.6 Å². The standard InChI is InChI=1S/C27H24FN3O2.ClH/c1-33-22-11-12-25-23(17-22)26(24(18-29-25)27(32)19-5-3-2-4-6-19)31-15-13-30(14-16-31)21-9-7-20(28)8-10-21;/h2-12,17-18H,13-16H2,1H3;1H. The molecular weight excluding hydrogens is 453 g/mol.